The summed E-state index contributed by atoms with van der Waals surface area (Å²) in [4.78, 5) is 11.1. The lowest BCUT2D eigenvalue weighted by molar-refractivity contribution is 0.310. The van der Waals surface area contributed by atoms with E-state index in [4.69, 9.17) is 17.3 Å². The second-order valence-corrected chi connectivity index (χ2v) is 7.56. The van der Waals surface area contributed by atoms with Crippen molar-refractivity contribution in [2.24, 2.45) is 0 Å². The molecule has 3 heterocycles. The lowest BCUT2D eigenvalue weighted by Gasteiger charge is -2.31. The molecule has 3 rings (SSSR count). The van der Waals surface area contributed by atoms with Gasteiger partial charge in [0.25, 0.3) is 0 Å². The van der Waals surface area contributed by atoms with Crippen LogP contribution in [0, 0.1) is 0 Å². The van der Waals surface area contributed by atoms with Gasteiger partial charge in [0.1, 0.15) is 16.5 Å². The fourth-order valence-corrected chi connectivity index (χ4v) is 4.50. The van der Waals surface area contributed by atoms with E-state index in [1.54, 1.807) is 12.4 Å². The summed E-state index contributed by atoms with van der Waals surface area (Å²) in [5.41, 5.74) is 5.72. The largest absolute Gasteiger partial charge is 0.383 e. The maximum absolute atomic E-state index is 12.8. The number of pyridine rings is 1. The van der Waals surface area contributed by atoms with Gasteiger partial charge in [0, 0.05) is 37.6 Å². The highest BCUT2D eigenvalue weighted by atomic mass is 35.5. The maximum Gasteiger partial charge on any atom is 0.246 e. The molecule has 0 aromatic carbocycles. The number of hydrogen-bond acceptors (Lipinski definition) is 5. The van der Waals surface area contributed by atoms with Crippen molar-refractivity contribution in [1.29, 1.82) is 0 Å². The topological polar surface area (TPSA) is 105 Å². The Morgan fingerprint density at radius 1 is 1.41 bits per heavy atom. The van der Waals surface area contributed by atoms with Gasteiger partial charge in [-0.1, -0.05) is 11.6 Å². The first-order chi connectivity index (χ1) is 10.5. The molecule has 1 unspecified atom stereocenters. The molecule has 1 aliphatic heterocycles. The summed E-state index contributed by atoms with van der Waals surface area (Å²) in [6, 6.07) is 1.34. The summed E-state index contributed by atoms with van der Waals surface area (Å²) >= 11 is 5.86. The summed E-state index contributed by atoms with van der Waals surface area (Å²) in [5.74, 6) is 0.813. The van der Waals surface area contributed by atoms with E-state index in [1.165, 1.54) is 16.6 Å². The number of aromatic amines is 1. The molecule has 1 atom stereocenters. The van der Waals surface area contributed by atoms with E-state index in [0.717, 1.165) is 18.7 Å². The van der Waals surface area contributed by atoms with Crippen molar-refractivity contribution in [2.75, 3.05) is 18.8 Å². The molecule has 22 heavy (non-hydrogen) atoms. The first kappa shape index (κ1) is 15.3. The molecule has 3 N–H and O–H groups in total. The van der Waals surface area contributed by atoms with Gasteiger partial charge >= 0.3 is 0 Å². The van der Waals surface area contributed by atoms with Crippen molar-refractivity contribution >= 4 is 27.4 Å². The molecule has 0 bridgehead atoms. The zero-order valence-corrected chi connectivity index (χ0v) is 13.3. The predicted molar refractivity (Wildman–Crippen MR) is 83.0 cm³/mol. The summed E-state index contributed by atoms with van der Waals surface area (Å²) in [6.45, 7) is 0.813. The number of piperidine rings is 1. The molecule has 0 amide bonds. The number of halogens is 1. The zero-order valence-electron chi connectivity index (χ0n) is 11.7. The van der Waals surface area contributed by atoms with E-state index in [-0.39, 0.29) is 21.7 Å². The molecular formula is C13H16ClN5O2S. The van der Waals surface area contributed by atoms with Gasteiger partial charge in [-0.15, -0.1) is 0 Å². The molecule has 9 heteroatoms. The quantitative estimate of drug-likeness (QED) is 0.882. The number of H-pyrrole nitrogens is 1. The molecular weight excluding hydrogens is 326 g/mol. The van der Waals surface area contributed by atoms with Gasteiger partial charge in [0.2, 0.25) is 10.0 Å². The lowest BCUT2D eigenvalue weighted by atomic mass is 9.99. The highest BCUT2D eigenvalue weighted by Crippen LogP contribution is 2.30. The van der Waals surface area contributed by atoms with Crippen LogP contribution in [0.15, 0.2) is 29.6 Å². The highest BCUT2D eigenvalue weighted by molar-refractivity contribution is 7.89. The van der Waals surface area contributed by atoms with E-state index in [0.29, 0.717) is 13.1 Å². The third-order valence-electron chi connectivity index (χ3n) is 3.76. The number of rotatable bonds is 3. The minimum Gasteiger partial charge on any atom is -0.383 e. The molecule has 0 aliphatic carbocycles. The van der Waals surface area contributed by atoms with Crippen molar-refractivity contribution in [3.05, 3.63) is 35.5 Å². The summed E-state index contributed by atoms with van der Waals surface area (Å²) in [7, 11) is -3.72. The van der Waals surface area contributed by atoms with Crippen molar-refractivity contribution in [3.8, 4) is 0 Å². The van der Waals surface area contributed by atoms with E-state index >= 15 is 0 Å². The van der Waals surface area contributed by atoms with Gasteiger partial charge in [0.15, 0.2) is 0 Å². The van der Waals surface area contributed by atoms with E-state index in [2.05, 4.69) is 15.0 Å². The van der Waals surface area contributed by atoms with Crippen molar-refractivity contribution in [1.82, 2.24) is 19.3 Å². The number of nitrogens with one attached hydrogen (secondary N) is 1. The van der Waals surface area contributed by atoms with Crippen LogP contribution in [0.25, 0.3) is 0 Å². The number of nitrogen functional groups attached to an aromatic ring is 1. The van der Waals surface area contributed by atoms with Crippen LogP contribution in [0.4, 0.5) is 5.82 Å². The summed E-state index contributed by atoms with van der Waals surface area (Å²) in [5, 5.41) is 0.243. The molecule has 1 fully saturated rings. The average molecular weight is 342 g/mol. The highest BCUT2D eigenvalue weighted by Gasteiger charge is 2.33. The molecule has 1 saturated heterocycles. The zero-order chi connectivity index (χ0) is 15.7. The van der Waals surface area contributed by atoms with Crippen LogP contribution < -0.4 is 5.73 Å². The number of sulfonamides is 1. The Bertz CT molecular complexity index is 763. The van der Waals surface area contributed by atoms with Crippen LogP contribution in [-0.4, -0.2) is 40.8 Å². The molecule has 0 saturated carbocycles. The second kappa shape index (κ2) is 5.86. The monoisotopic (exact) mass is 341 g/mol. The third-order valence-corrected chi connectivity index (χ3v) is 5.86. The van der Waals surface area contributed by atoms with E-state index in [1.807, 2.05) is 0 Å². The SMILES string of the molecule is Nc1ncc(Cl)cc1S(=O)(=O)N1CCCC(c2ncc[nH]2)C1. The van der Waals surface area contributed by atoms with Crippen LogP contribution in [0.2, 0.25) is 5.02 Å². The van der Waals surface area contributed by atoms with E-state index in [9.17, 15) is 8.42 Å². The molecule has 1 aliphatic rings. The molecule has 2 aromatic rings. The van der Waals surface area contributed by atoms with Crippen molar-refractivity contribution in [2.45, 2.75) is 23.7 Å². The van der Waals surface area contributed by atoms with Gasteiger partial charge in [-0.25, -0.2) is 18.4 Å². The molecule has 0 spiro atoms. The fraction of sp³-hybridized carbons (Fsp3) is 0.385. The number of aromatic nitrogens is 3. The first-order valence-electron chi connectivity index (χ1n) is 6.89. The van der Waals surface area contributed by atoms with Gasteiger partial charge in [-0.05, 0) is 18.9 Å². The van der Waals surface area contributed by atoms with Gasteiger partial charge in [0.05, 0.1) is 5.02 Å². The van der Waals surface area contributed by atoms with Crippen LogP contribution in [0.1, 0.15) is 24.6 Å². The predicted octanol–water partition coefficient (Wildman–Crippen LogP) is 1.61. The normalized spacial score (nSPS) is 20.1. The van der Waals surface area contributed by atoms with Gasteiger partial charge in [-0.3, -0.25) is 0 Å². The van der Waals surface area contributed by atoms with Crippen LogP contribution >= 0.6 is 11.6 Å². The number of nitrogens with two attached hydrogens (primary N) is 1. The van der Waals surface area contributed by atoms with Gasteiger partial charge in [-0.2, -0.15) is 4.31 Å². The van der Waals surface area contributed by atoms with Crippen LogP contribution in [0.5, 0.6) is 0 Å². The Balaban J connectivity index is 1.90. The Kier molecular flexibility index (Phi) is 4.07. The minimum atomic E-state index is -3.72. The maximum atomic E-state index is 12.8. The second-order valence-electron chi connectivity index (χ2n) is 5.21. The van der Waals surface area contributed by atoms with Crippen LogP contribution in [0.3, 0.4) is 0 Å². The smallest absolute Gasteiger partial charge is 0.246 e. The van der Waals surface area contributed by atoms with Crippen LogP contribution in [-0.2, 0) is 10.0 Å². The molecule has 118 valence electrons. The number of anilines is 1. The lowest BCUT2D eigenvalue weighted by Crippen LogP contribution is -2.39. The van der Waals surface area contributed by atoms with Crippen molar-refractivity contribution in [3.63, 3.8) is 0 Å². The van der Waals surface area contributed by atoms with Gasteiger partial charge < -0.3 is 10.7 Å². The van der Waals surface area contributed by atoms with Crippen molar-refractivity contribution < 1.29 is 8.42 Å². The minimum absolute atomic E-state index is 0.0375. The average Bonchev–Trinajstić information content (AvgIpc) is 3.04. The standard InChI is InChI=1S/C13H16ClN5O2S/c14-10-6-11(12(15)18-7-10)22(20,21)19-5-1-2-9(8-19)13-16-3-4-17-13/h3-4,6-7,9H,1-2,5,8H2,(H2,15,18)(H,16,17). The third kappa shape index (κ3) is 2.81. The van der Waals surface area contributed by atoms with E-state index < -0.39 is 10.0 Å². The Morgan fingerprint density at radius 3 is 2.95 bits per heavy atom. The number of hydrogen-bond donors (Lipinski definition) is 2. The molecule has 0 radical (unpaired) electrons. The Labute approximate surface area is 133 Å². The Hall–Kier alpha value is -1.64. The summed E-state index contributed by atoms with van der Waals surface area (Å²) in [6.07, 6.45) is 6.39. The molecule has 7 nitrogen and oxygen atoms in total. The first-order valence-corrected chi connectivity index (χ1v) is 8.70. The fourth-order valence-electron chi connectivity index (χ4n) is 2.66. The number of imidazole rings is 1. The summed E-state index contributed by atoms with van der Waals surface area (Å²) < 4.78 is 27.0. The number of nitrogens with zero attached hydrogens (tertiary/aromatic N) is 3. The molecule has 2 aromatic heterocycles. The Morgan fingerprint density at radius 2 is 2.23 bits per heavy atom.